The van der Waals surface area contributed by atoms with Gasteiger partial charge in [-0.05, 0) is 25.1 Å². The van der Waals surface area contributed by atoms with Crippen LogP contribution in [0, 0.1) is 11.6 Å². The van der Waals surface area contributed by atoms with Crippen LogP contribution in [0.1, 0.15) is 19.2 Å². The lowest BCUT2D eigenvalue weighted by Gasteiger charge is -1.97. The maximum absolute atomic E-state index is 13.0. The van der Waals surface area contributed by atoms with E-state index in [1.165, 1.54) is 0 Å². The molecule has 0 aliphatic carbocycles. The van der Waals surface area contributed by atoms with E-state index in [2.05, 4.69) is 15.5 Å². The third-order valence-corrected chi connectivity index (χ3v) is 2.28. The van der Waals surface area contributed by atoms with Crippen molar-refractivity contribution in [1.29, 1.82) is 0 Å². The van der Waals surface area contributed by atoms with Crippen molar-refractivity contribution in [1.82, 2.24) is 15.5 Å². The average molecular weight is 253 g/mol. The Morgan fingerprint density at radius 2 is 1.89 bits per heavy atom. The summed E-state index contributed by atoms with van der Waals surface area (Å²) in [6.07, 6.45) is 0.996. The van der Waals surface area contributed by atoms with Gasteiger partial charge >= 0.3 is 0 Å². The van der Waals surface area contributed by atoms with Crippen molar-refractivity contribution in [3.8, 4) is 11.5 Å². The fourth-order valence-corrected chi connectivity index (χ4v) is 1.49. The quantitative estimate of drug-likeness (QED) is 0.832. The van der Waals surface area contributed by atoms with Crippen LogP contribution in [0.5, 0.6) is 0 Å². The highest BCUT2D eigenvalue weighted by atomic mass is 19.1. The molecule has 4 nitrogen and oxygen atoms in total. The van der Waals surface area contributed by atoms with E-state index in [1.807, 2.05) is 6.92 Å². The topological polar surface area (TPSA) is 51.0 Å². The molecule has 0 unspecified atom stereocenters. The molecule has 0 aliphatic heterocycles. The number of nitrogens with zero attached hydrogens (tertiary/aromatic N) is 2. The van der Waals surface area contributed by atoms with Gasteiger partial charge in [0.25, 0.3) is 0 Å². The number of aromatic nitrogens is 2. The van der Waals surface area contributed by atoms with E-state index in [4.69, 9.17) is 4.42 Å². The minimum absolute atomic E-state index is 0.113. The van der Waals surface area contributed by atoms with E-state index in [-0.39, 0.29) is 11.5 Å². The average Bonchev–Trinajstić information content (AvgIpc) is 2.77. The van der Waals surface area contributed by atoms with Gasteiger partial charge in [0.15, 0.2) is 0 Å². The summed E-state index contributed by atoms with van der Waals surface area (Å²) < 4.78 is 31.4. The molecule has 0 aliphatic rings. The highest BCUT2D eigenvalue weighted by molar-refractivity contribution is 5.52. The Morgan fingerprint density at radius 3 is 2.56 bits per heavy atom. The molecule has 0 radical (unpaired) electrons. The molecule has 6 heteroatoms. The molecule has 0 saturated carbocycles. The van der Waals surface area contributed by atoms with E-state index >= 15 is 0 Å². The normalized spacial score (nSPS) is 10.8. The van der Waals surface area contributed by atoms with Gasteiger partial charge in [0.2, 0.25) is 11.8 Å². The van der Waals surface area contributed by atoms with Crippen LogP contribution in [0.2, 0.25) is 0 Å². The van der Waals surface area contributed by atoms with Gasteiger partial charge in [0.1, 0.15) is 11.6 Å². The Hall–Kier alpha value is -1.82. The van der Waals surface area contributed by atoms with Crippen LogP contribution in [0.3, 0.4) is 0 Å². The molecule has 0 spiro atoms. The van der Waals surface area contributed by atoms with Crippen molar-refractivity contribution >= 4 is 0 Å². The standard InChI is InChI=1S/C12H13F2N3O/c1-2-3-15-7-11-16-17-12(18-11)8-4-9(13)6-10(14)5-8/h4-6,15H,2-3,7H2,1H3. The summed E-state index contributed by atoms with van der Waals surface area (Å²) in [6, 6.07) is 3.10. The summed E-state index contributed by atoms with van der Waals surface area (Å²) in [7, 11) is 0. The fraction of sp³-hybridized carbons (Fsp3) is 0.333. The second-order valence-electron chi connectivity index (χ2n) is 3.84. The monoisotopic (exact) mass is 253 g/mol. The molecule has 1 aromatic carbocycles. The molecule has 96 valence electrons. The summed E-state index contributed by atoms with van der Waals surface area (Å²) in [6.45, 7) is 3.33. The minimum Gasteiger partial charge on any atom is -0.419 e. The van der Waals surface area contributed by atoms with Gasteiger partial charge in [-0.1, -0.05) is 6.92 Å². The van der Waals surface area contributed by atoms with E-state index < -0.39 is 11.6 Å². The molecule has 2 aromatic rings. The van der Waals surface area contributed by atoms with Crippen LogP contribution >= 0.6 is 0 Å². The number of rotatable bonds is 5. The Kier molecular flexibility index (Phi) is 3.99. The Labute approximate surface area is 103 Å². The largest absolute Gasteiger partial charge is 0.419 e. The molecule has 0 saturated heterocycles. The van der Waals surface area contributed by atoms with Gasteiger partial charge in [0.05, 0.1) is 6.54 Å². The lowest BCUT2D eigenvalue weighted by molar-refractivity contribution is 0.476. The predicted octanol–water partition coefficient (Wildman–Crippen LogP) is 2.51. The van der Waals surface area contributed by atoms with Gasteiger partial charge < -0.3 is 9.73 Å². The Morgan fingerprint density at radius 1 is 1.17 bits per heavy atom. The summed E-state index contributed by atoms with van der Waals surface area (Å²) in [5.74, 6) is -0.840. The molecule has 1 aromatic heterocycles. The highest BCUT2D eigenvalue weighted by Gasteiger charge is 2.10. The third-order valence-electron chi connectivity index (χ3n) is 2.28. The minimum atomic E-state index is -0.672. The SMILES string of the molecule is CCCNCc1nnc(-c2cc(F)cc(F)c2)o1. The van der Waals surface area contributed by atoms with E-state index in [0.717, 1.165) is 31.2 Å². The molecular weight excluding hydrogens is 240 g/mol. The van der Waals surface area contributed by atoms with Crippen molar-refractivity contribution in [2.75, 3.05) is 6.54 Å². The molecule has 0 atom stereocenters. The fourth-order valence-electron chi connectivity index (χ4n) is 1.49. The van der Waals surface area contributed by atoms with Gasteiger partial charge in [0, 0.05) is 11.6 Å². The van der Waals surface area contributed by atoms with Crippen LogP contribution in [0.25, 0.3) is 11.5 Å². The zero-order valence-electron chi connectivity index (χ0n) is 9.91. The van der Waals surface area contributed by atoms with Crippen molar-refractivity contribution in [2.24, 2.45) is 0 Å². The lowest BCUT2D eigenvalue weighted by Crippen LogP contribution is -2.13. The number of hydrogen-bond donors (Lipinski definition) is 1. The first-order valence-electron chi connectivity index (χ1n) is 5.68. The van der Waals surface area contributed by atoms with Crippen LogP contribution < -0.4 is 5.32 Å². The predicted molar refractivity (Wildman–Crippen MR) is 61.6 cm³/mol. The molecule has 0 fully saturated rings. The van der Waals surface area contributed by atoms with Crippen molar-refractivity contribution in [3.63, 3.8) is 0 Å². The number of halogens is 2. The summed E-state index contributed by atoms with van der Waals surface area (Å²) in [4.78, 5) is 0. The van der Waals surface area contributed by atoms with E-state index in [9.17, 15) is 8.78 Å². The van der Waals surface area contributed by atoms with Crippen LogP contribution in [0.4, 0.5) is 8.78 Å². The van der Waals surface area contributed by atoms with Crippen molar-refractivity contribution in [3.05, 3.63) is 35.7 Å². The molecule has 0 amide bonds. The first kappa shape index (κ1) is 12.6. The Balaban J connectivity index is 2.13. The highest BCUT2D eigenvalue weighted by Crippen LogP contribution is 2.20. The summed E-state index contributed by atoms with van der Waals surface area (Å²) in [5.41, 5.74) is 0.238. The molecule has 18 heavy (non-hydrogen) atoms. The van der Waals surface area contributed by atoms with Crippen LogP contribution in [-0.2, 0) is 6.54 Å². The molecule has 0 bridgehead atoms. The number of benzene rings is 1. The second kappa shape index (κ2) is 5.68. The van der Waals surface area contributed by atoms with E-state index in [0.29, 0.717) is 12.4 Å². The number of hydrogen-bond acceptors (Lipinski definition) is 4. The zero-order chi connectivity index (χ0) is 13.0. The van der Waals surface area contributed by atoms with Gasteiger partial charge in [-0.3, -0.25) is 0 Å². The van der Waals surface area contributed by atoms with Gasteiger partial charge in [-0.15, -0.1) is 10.2 Å². The van der Waals surface area contributed by atoms with Crippen LogP contribution in [-0.4, -0.2) is 16.7 Å². The zero-order valence-corrected chi connectivity index (χ0v) is 9.91. The summed E-state index contributed by atoms with van der Waals surface area (Å²) >= 11 is 0. The maximum atomic E-state index is 13.0. The summed E-state index contributed by atoms with van der Waals surface area (Å²) in [5, 5.41) is 10.7. The van der Waals surface area contributed by atoms with Crippen LogP contribution in [0.15, 0.2) is 22.6 Å². The molecule has 2 rings (SSSR count). The first-order valence-corrected chi connectivity index (χ1v) is 5.68. The molecule has 1 N–H and O–H groups in total. The molecule has 1 heterocycles. The number of nitrogens with one attached hydrogen (secondary N) is 1. The Bertz CT molecular complexity index is 508. The van der Waals surface area contributed by atoms with Gasteiger partial charge in [-0.25, -0.2) is 8.78 Å². The first-order chi connectivity index (χ1) is 8.69. The second-order valence-corrected chi connectivity index (χ2v) is 3.84. The third kappa shape index (κ3) is 3.10. The maximum Gasteiger partial charge on any atom is 0.248 e. The molecular formula is C12H13F2N3O. The van der Waals surface area contributed by atoms with Crippen molar-refractivity contribution < 1.29 is 13.2 Å². The van der Waals surface area contributed by atoms with Gasteiger partial charge in [-0.2, -0.15) is 0 Å². The van der Waals surface area contributed by atoms with E-state index in [1.54, 1.807) is 0 Å². The van der Waals surface area contributed by atoms with Crippen molar-refractivity contribution in [2.45, 2.75) is 19.9 Å². The smallest absolute Gasteiger partial charge is 0.248 e. The lowest BCUT2D eigenvalue weighted by atomic mass is 10.2.